The molecule has 0 saturated carbocycles. The lowest BCUT2D eigenvalue weighted by atomic mass is 9.96. The summed E-state index contributed by atoms with van der Waals surface area (Å²) in [6, 6.07) is 4.32. The third-order valence-corrected chi connectivity index (χ3v) is 3.70. The van der Waals surface area contributed by atoms with Gasteiger partial charge in [-0.25, -0.2) is 9.18 Å². The van der Waals surface area contributed by atoms with Crippen LogP contribution < -0.4 is 10.6 Å². The van der Waals surface area contributed by atoms with Gasteiger partial charge >= 0.3 is 5.97 Å². The SMILES string of the molecule is CCOC(=O)c1ccc(N2CCC(C(N)=O)CC2)c(F)c1. The van der Waals surface area contributed by atoms with E-state index < -0.39 is 11.8 Å². The first-order valence-electron chi connectivity index (χ1n) is 7.04. The molecule has 0 unspecified atom stereocenters. The van der Waals surface area contributed by atoms with E-state index in [9.17, 15) is 14.0 Å². The van der Waals surface area contributed by atoms with Gasteiger partial charge in [-0.15, -0.1) is 0 Å². The Morgan fingerprint density at radius 2 is 2.05 bits per heavy atom. The molecule has 2 rings (SSSR count). The van der Waals surface area contributed by atoms with Crippen LogP contribution in [0.15, 0.2) is 18.2 Å². The van der Waals surface area contributed by atoms with Crippen molar-refractivity contribution in [2.24, 2.45) is 11.7 Å². The Bertz CT molecular complexity index is 540. The number of nitrogens with zero attached hydrogens (tertiary/aromatic N) is 1. The Kier molecular flexibility index (Phi) is 4.77. The van der Waals surface area contributed by atoms with Crippen molar-refractivity contribution in [3.63, 3.8) is 0 Å². The zero-order valence-electron chi connectivity index (χ0n) is 12.0. The van der Waals surface area contributed by atoms with Gasteiger partial charge in [-0.1, -0.05) is 0 Å². The van der Waals surface area contributed by atoms with Gasteiger partial charge in [0.05, 0.1) is 17.9 Å². The van der Waals surface area contributed by atoms with E-state index >= 15 is 0 Å². The molecule has 1 saturated heterocycles. The van der Waals surface area contributed by atoms with Crippen molar-refractivity contribution < 1.29 is 18.7 Å². The lowest BCUT2D eigenvalue weighted by molar-refractivity contribution is -0.122. The van der Waals surface area contributed by atoms with Crippen molar-refractivity contribution in [3.05, 3.63) is 29.6 Å². The van der Waals surface area contributed by atoms with Gasteiger partial charge in [-0.3, -0.25) is 4.79 Å². The van der Waals surface area contributed by atoms with Crippen LogP contribution in [0.3, 0.4) is 0 Å². The molecule has 1 amide bonds. The molecular formula is C15H19FN2O3. The molecule has 2 N–H and O–H groups in total. The van der Waals surface area contributed by atoms with E-state index in [0.717, 1.165) is 0 Å². The van der Waals surface area contributed by atoms with Crippen molar-refractivity contribution in [1.82, 2.24) is 0 Å². The highest BCUT2D eigenvalue weighted by molar-refractivity contribution is 5.90. The third kappa shape index (κ3) is 3.51. The van der Waals surface area contributed by atoms with Crippen molar-refractivity contribution in [2.45, 2.75) is 19.8 Å². The van der Waals surface area contributed by atoms with Gasteiger partial charge < -0.3 is 15.4 Å². The first-order chi connectivity index (χ1) is 10.0. The summed E-state index contributed by atoms with van der Waals surface area (Å²) in [7, 11) is 0. The quantitative estimate of drug-likeness (QED) is 0.858. The molecule has 1 heterocycles. The van der Waals surface area contributed by atoms with Crippen LogP contribution in [-0.2, 0) is 9.53 Å². The number of amides is 1. The fraction of sp³-hybridized carbons (Fsp3) is 0.467. The minimum absolute atomic E-state index is 0.136. The van der Waals surface area contributed by atoms with Crippen molar-refractivity contribution in [3.8, 4) is 0 Å². The second kappa shape index (κ2) is 6.56. The van der Waals surface area contributed by atoms with Gasteiger partial charge in [0.25, 0.3) is 0 Å². The fourth-order valence-corrected chi connectivity index (χ4v) is 2.51. The van der Waals surface area contributed by atoms with Gasteiger partial charge in [0.2, 0.25) is 5.91 Å². The molecule has 1 aliphatic rings. The van der Waals surface area contributed by atoms with E-state index in [4.69, 9.17) is 10.5 Å². The van der Waals surface area contributed by atoms with Crippen LogP contribution in [0.1, 0.15) is 30.1 Å². The largest absolute Gasteiger partial charge is 0.462 e. The van der Waals surface area contributed by atoms with Crippen LogP contribution >= 0.6 is 0 Å². The number of piperidine rings is 1. The maximum absolute atomic E-state index is 14.1. The summed E-state index contributed by atoms with van der Waals surface area (Å²) in [5, 5.41) is 0. The zero-order chi connectivity index (χ0) is 15.4. The summed E-state index contributed by atoms with van der Waals surface area (Å²) in [5.74, 6) is -1.43. The Labute approximate surface area is 122 Å². The summed E-state index contributed by atoms with van der Waals surface area (Å²) >= 11 is 0. The lowest BCUT2D eigenvalue weighted by Crippen LogP contribution is -2.38. The minimum atomic E-state index is -0.532. The van der Waals surface area contributed by atoms with Gasteiger partial charge in [0.15, 0.2) is 0 Å². The van der Waals surface area contributed by atoms with Crippen LogP contribution in [0.5, 0.6) is 0 Å². The summed E-state index contributed by atoms with van der Waals surface area (Å²) in [6.07, 6.45) is 1.24. The lowest BCUT2D eigenvalue weighted by Gasteiger charge is -2.32. The highest BCUT2D eigenvalue weighted by Crippen LogP contribution is 2.26. The number of halogens is 1. The molecule has 1 aliphatic heterocycles. The molecule has 1 aromatic rings. The van der Waals surface area contributed by atoms with Gasteiger partial charge in [-0.05, 0) is 38.0 Å². The molecule has 1 fully saturated rings. The average Bonchev–Trinajstić information content (AvgIpc) is 2.47. The second-order valence-corrected chi connectivity index (χ2v) is 5.05. The number of esters is 1. The van der Waals surface area contributed by atoms with Crippen LogP contribution in [-0.4, -0.2) is 31.6 Å². The Morgan fingerprint density at radius 3 is 2.57 bits per heavy atom. The number of ether oxygens (including phenoxy) is 1. The number of carbonyl (C=O) groups excluding carboxylic acids is 2. The Morgan fingerprint density at radius 1 is 1.38 bits per heavy atom. The van der Waals surface area contributed by atoms with Crippen molar-refractivity contribution >= 4 is 17.6 Å². The second-order valence-electron chi connectivity index (χ2n) is 5.05. The number of rotatable bonds is 4. The van der Waals surface area contributed by atoms with Gasteiger partial charge in [-0.2, -0.15) is 0 Å². The van der Waals surface area contributed by atoms with E-state index in [-0.39, 0.29) is 24.0 Å². The predicted molar refractivity (Wildman–Crippen MR) is 76.5 cm³/mol. The number of hydrogen-bond acceptors (Lipinski definition) is 4. The molecule has 0 aromatic heterocycles. The molecule has 0 spiro atoms. The molecular weight excluding hydrogens is 275 g/mol. The molecule has 5 nitrogen and oxygen atoms in total. The van der Waals surface area contributed by atoms with Crippen LogP contribution in [0.25, 0.3) is 0 Å². The molecule has 1 aromatic carbocycles. The van der Waals surface area contributed by atoms with E-state index in [1.54, 1.807) is 19.1 Å². The standard InChI is InChI=1S/C15H19FN2O3/c1-2-21-15(20)11-3-4-13(12(16)9-11)18-7-5-10(6-8-18)14(17)19/h3-4,9-10H,2,5-8H2,1H3,(H2,17,19). The Balaban J connectivity index is 2.08. The molecule has 114 valence electrons. The maximum atomic E-state index is 14.1. The van der Waals surface area contributed by atoms with E-state index in [1.807, 2.05) is 4.90 Å². The van der Waals surface area contributed by atoms with E-state index in [1.165, 1.54) is 6.07 Å². The number of primary amides is 1. The third-order valence-electron chi connectivity index (χ3n) is 3.70. The number of hydrogen-bond donors (Lipinski definition) is 1. The van der Waals surface area contributed by atoms with Crippen LogP contribution in [0, 0.1) is 11.7 Å². The van der Waals surface area contributed by atoms with Crippen LogP contribution in [0.2, 0.25) is 0 Å². The minimum Gasteiger partial charge on any atom is -0.462 e. The Hall–Kier alpha value is -2.11. The molecule has 0 bridgehead atoms. The smallest absolute Gasteiger partial charge is 0.338 e. The topological polar surface area (TPSA) is 72.6 Å². The van der Waals surface area contributed by atoms with E-state index in [2.05, 4.69) is 0 Å². The first-order valence-corrected chi connectivity index (χ1v) is 7.04. The normalized spacial score (nSPS) is 15.8. The summed E-state index contributed by atoms with van der Waals surface area (Å²) in [6.45, 7) is 3.10. The predicted octanol–water partition coefficient (Wildman–Crippen LogP) is 1.70. The summed E-state index contributed by atoms with van der Waals surface area (Å²) < 4.78 is 19.0. The average molecular weight is 294 g/mol. The number of carbonyl (C=O) groups is 2. The molecule has 21 heavy (non-hydrogen) atoms. The molecule has 0 radical (unpaired) electrons. The number of nitrogens with two attached hydrogens (primary N) is 1. The summed E-state index contributed by atoms with van der Waals surface area (Å²) in [4.78, 5) is 24.5. The van der Waals surface area contributed by atoms with Crippen molar-refractivity contribution in [2.75, 3.05) is 24.6 Å². The van der Waals surface area contributed by atoms with Crippen LogP contribution in [0.4, 0.5) is 10.1 Å². The molecule has 0 aliphatic carbocycles. The van der Waals surface area contributed by atoms with Gasteiger partial charge in [0.1, 0.15) is 5.82 Å². The number of benzene rings is 1. The number of anilines is 1. The van der Waals surface area contributed by atoms with Gasteiger partial charge in [0, 0.05) is 19.0 Å². The fourth-order valence-electron chi connectivity index (χ4n) is 2.51. The molecule has 6 heteroatoms. The summed E-state index contributed by atoms with van der Waals surface area (Å²) in [5.41, 5.74) is 5.92. The zero-order valence-corrected chi connectivity index (χ0v) is 12.0. The molecule has 0 atom stereocenters. The monoisotopic (exact) mass is 294 g/mol. The van der Waals surface area contributed by atoms with E-state index in [0.29, 0.717) is 31.6 Å². The first kappa shape index (κ1) is 15.3. The highest BCUT2D eigenvalue weighted by Gasteiger charge is 2.25. The highest BCUT2D eigenvalue weighted by atomic mass is 19.1. The maximum Gasteiger partial charge on any atom is 0.338 e. The van der Waals surface area contributed by atoms with Crippen molar-refractivity contribution in [1.29, 1.82) is 0 Å².